The van der Waals surface area contributed by atoms with E-state index >= 15 is 0 Å². The molecule has 0 heterocycles. The summed E-state index contributed by atoms with van der Waals surface area (Å²) in [4.78, 5) is 38.0. The fraction of sp³-hybridized carbons (Fsp3) is 0.946. The maximum absolute atomic E-state index is 12.8. The number of unbranched alkanes of at least 4 members (excludes halogenated alkanes) is 32. The van der Waals surface area contributed by atoms with Gasteiger partial charge in [0, 0.05) is 19.3 Å². The summed E-state index contributed by atoms with van der Waals surface area (Å²) < 4.78 is 16.8. The second kappa shape index (κ2) is 47.4. The van der Waals surface area contributed by atoms with Crippen LogP contribution in [0.25, 0.3) is 0 Å². The standard InChI is InChI=1S/C56H108O6/c1-50(2)42-36-30-24-19-15-13-11-9-7-8-10-12-14-16-21-27-33-39-45-54(57)60-48-53(49-61-55(58)46-40-34-29-23-26-32-38-44-52(5)6)62-56(59)47-41-35-28-22-18-17-20-25-31-37-43-51(3)4/h50-53H,7-49H2,1-6H3/t53-/m0/s1. The van der Waals surface area contributed by atoms with E-state index in [0.717, 1.165) is 75.5 Å². The minimum atomic E-state index is -0.763. The lowest BCUT2D eigenvalue weighted by Gasteiger charge is -2.18. The first kappa shape index (κ1) is 60.4. The summed E-state index contributed by atoms with van der Waals surface area (Å²) in [5.74, 6) is 1.60. The van der Waals surface area contributed by atoms with Crippen molar-refractivity contribution in [3.63, 3.8) is 0 Å². The van der Waals surface area contributed by atoms with Crippen LogP contribution in [0.5, 0.6) is 0 Å². The summed E-state index contributed by atoms with van der Waals surface area (Å²) in [6.07, 6.45) is 48.2. The Morgan fingerprint density at radius 2 is 0.468 bits per heavy atom. The van der Waals surface area contributed by atoms with Crippen molar-refractivity contribution in [1.82, 2.24) is 0 Å². The molecule has 0 aromatic rings. The summed E-state index contributed by atoms with van der Waals surface area (Å²) in [6, 6.07) is 0. The molecule has 0 rings (SSSR count). The number of ether oxygens (including phenoxy) is 3. The predicted octanol–water partition coefficient (Wildman–Crippen LogP) is 17.9. The minimum absolute atomic E-state index is 0.0647. The van der Waals surface area contributed by atoms with Crippen LogP contribution in [-0.4, -0.2) is 37.2 Å². The second-order valence-corrected chi connectivity index (χ2v) is 20.6. The van der Waals surface area contributed by atoms with Gasteiger partial charge in [0.15, 0.2) is 6.10 Å². The smallest absolute Gasteiger partial charge is 0.306 e. The van der Waals surface area contributed by atoms with Crippen LogP contribution in [-0.2, 0) is 28.6 Å². The third kappa shape index (κ3) is 49.4. The van der Waals surface area contributed by atoms with Gasteiger partial charge in [-0.1, -0.05) is 266 Å². The average Bonchev–Trinajstić information content (AvgIpc) is 3.23. The van der Waals surface area contributed by atoms with Crippen LogP contribution in [0.4, 0.5) is 0 Å². The zero-order chi connectivity index (χ0) is 45.6. The molecule has 0 aromatic heterocycles. The van der Waals surface area contributed by atoms with Gasteiger partial charge in [-0.05, 0) is 37.0 Å². The Morgan fingerprint density at radius 3 is 0.694 bits per heavy atom. The number of esters is 3. The zero-order valence-electron chi connectivity index (χ0n) is 42.7. The molecule has 0 saturated carbocycles. The van der Waals surface area contributed by atoms with E-state index < -0.39 is 6.10 Å². The van der Waals surface area contributed by atoms with Gasteiger partial charge in [-0.3, -0.25) is 14.4 Å². The molecular formula is C56H108O6. The van der Waals surface area contributed by atoms with E-state index in [0.29, 0.717) is 19.3 Å². The Labute approximate surface area is 387 Å². The Balaban J connectivity index is 4.20. The van der Waals surface area contributed by atoms with E-state index in [4.69, 9.17) is 14.2 Å². The van der Waals surface area contributed by atoms with Gasteiger partial charge >= 0.3 is 17.9 Å². The second-order valence-electron chi connectivity index (χ2n) is 20.6. The molecule has 6 nitrogen and oxygen atoms in total. The number of rotatable bonds is 49. The Bertz CT molecular complexity index is 960. The van der Waals surface area contributed by atoms with Gasteiger partial charge in [-0.2, -0.15) is 0 Å². The summed E-state index contributed by atoms with van der Waals surface area (Å²) in [5.41, 5.74) is 0. The van der Waals surface area contributed by atoms with Crippen molar-refractivity contribution in [2.24, 2.45) is 17.8 Å². The molecule has 0 unspecified atom stereocenters. The highest BCUT2D eigenvalue weighted by molar-refractivity contribution is 5.71. The van der Waals surface area contributed by atoms with Crippen molar-refractivity contribution in [2.75, 3.05) is 13.2 Å². The Kier molecular flexibility index (Phi) is 46.2. The molecule has 0 aliphatic carbocycles. The van der Waals surface area contributed by atoms with Crippen molar-refractivity contribution in [1.29, 1.82) is 0 Å². The van der Waals surface area contributed by atoms with Crippen molar-refractivity contribution < 1.29 is 28.6 Å². The number of carbonyl (C=O) groups is 3. The van der Waals surface area contributed by atoms with Crippen LogP contribution in [0.1, 0.15) is 305 Å². The molecule has 0 spiro atoms. The van der Waals surface area contributed by atoms with Crippen LogP contribution in [0.2, 0.25) is 0 Å². The summed E-state index contributed by atoms with van der Waals surface area (Å²) in [6.45, 7) is 13.7. The molecule has 0 aliphatic rings. The van der Waals surface area contributed by atoms with Gasteiger partial charge < -0.3 is 14.2 Å². The number of carbonyl (C=O) groups excluding carboxylic acids is 3. The quantitative estimate of drug-likeness (QED) is 0.0344. The SMILES string of the molecule is CC(C)CCCCCCCCCCCCCCCCCCCCC(=O)OC[C@@H](COC(=O)CCCCCCCCCC(C)C)OC(=O)CCCCCCCCCCCCC(C)C. The summed E-state index contributed by atoms with van der Waals surface area (Å²) in [5, 5.41) is 0. The van der Waals surface area contributed by atoms with Gasteiger partial charge in [-0.15, -0.1) is 0 Å². The molecular weight excluding hydrogens is 769 g/mol. The Hall–Kier alpha value is -1.59. The topological polar surface area (TPSA) is 78.9 Å². The highest BCUT2D eigenvalue weighted by atomic mass is 16.6. The van der Waals surface area contributed by atoms with Gasteiger partial charge in [0.25, 0.3) is 0 Å². The van der Waals surface area contributed by atoms with Crippen molar-refractivity contribution in [3.8, 4) is 0 Å². The highest BCUT2D eigenvalue weighted by Gasteiger charge is 2.19. The molecule has 0 fully saturated rings. The van der Waals surface area contributed by atoms with Crippen molar-refractivity contribution in [3.05, 3.63) is 0 Å². The Morgan fingerprint density at radius 1 is 0.274 bits per heavy atom. The van der Waals surface area contributed by atoms with Crippen LogP contribution < -0.4 is 0 Å². The molecule has 6 heteroatoms. The van der Waals surface area contributed by atoms with Gasteiger partial charge in [-0.25, -0.2) is 0 Å². The lowest BCUT2D eigenvalue weighted by molar-refractivity contribution is -0.167. The van der Waals surface area contributed by atoms with Crippen LogP contribution in [0.15, 0.2) is 0 Å². The summed E-state index contributed by atoms with van der Waals surface area (Å²) >= 11 is 0. The minimum Gasteiger partial charge on any atom is -0.462 e. The van der Waals surface area contributed by atoms with Crippen LogP contribution in [0, 0.1) is 17.8 Å². The lowest BCUT2D eigenvalue weighted by Crippen LogP contribution is -2.30. The van der Waals surface area contributed by atoms with Crippen molar-refractivity contribution in [2.45, 2.75) is 311 Å². The number of hydrogen-bond donors (Lipinski definition) is 0. The molecule has 0 aliphatic heterocycles. The normalized spacial score (nSPS) is 12.1. The maximum atomic E-state index is 12.8. The van der Waals surface area contributed by atoms with E-state index in [-0.39, 0.29) is 31.1 Å². The highest BCUT2D eigenvalue weighted by Crippen LogP contribution is 2.18. The third-order valence-corrected chi connectivity index (χ3v) is 12.6. The predicted molar refractivity (Wildman–Crippen MR) is 266 cm³/mol. The van der Waals surface area contributed by atoms with Gasteiger partial charge in [0.05, 0.1) is 0 Å². The van der Waals surface area contributed by atoms with Gasteiger partial charge in [0.2, 0.25) is 0 Å². The first-order valence-electron chi connectivity index (χ1n) is 27.6. The molecule has 0 bridgehead atoms. The fourth-order valence-corrected chi connectivity index (χ4v) is 8.47. The van der Waals surface area contributed by atoms with E-state index in [2.05, 4.69) is 41.5 Å². The molecule has 0 radical (unpaired) electrons. The number of hydrogen-bond acceptors (Lipinski definition) is 6. The molecule has 1 atom stereocenters. The fourth-order valence-electron chi connectivity index (χ4n) is 8.47. The molecule has 0 aromatic carbocycles. The van der Waals surface area contributed by atoms with E-state index in [9.17, 15) is 14.4 Å². The third-order valence-electron chi connectivity index (χ3n) is 12.6. The molecule has 0 amide bonds. The average molecular weight is 877 g/mol. The monoisotopic (exact) mass is 877 g/mol. The van der Waals surface area contributed by atoms with Crippen LogP contribution >= 0.6 is 0 Å². The largest absolute Gasteiger partial charge is 0.462 e. The lowest BCUT2D eigenvalue weighted by atomic mass is 10.0. The maximum Gasteiger partial charge on any atom is 0.306 e. The summed E-state index contributed by atoms with van der Waals surface area (Å²) in [7, 11) is 0. The first-order chi connectivity index (χ1) is 30.1. The van der Waals surface area contributed by atoms with E-state index in [1.165, 1.54) is 186 Å². The zero-order valence-corrected chi connectivity index (χ0v) is 42.7. The van der Waals surface area contributed by atoms with E-state index in [1.54, 1.807) is 0 Å². The first-order valence-corrected chi connectivity index (χ1v) is 27.6. The molecule has 368 valence electrons. The van der Waals surface area contributed by atoms with Gasteiger partial charge in [0.1, 0.15) is 13.2 Å². The van der Waals surface area contributed by atoms with Crippen LogP contribution in [0.3, 0.4) is 0 Å². The molecule has 0 N–H and O–H groups in total. The molecule has 0 saturated heterocycles. The van der Waals surface area contributed by atoms with Crippen molar-refractivity contribution >= 4 is 17.9 Å². The van der Waals surface area contributed by atoms with E-state index in [1.807, 2.05) is 0 Å². The molecule has 62 heavy (non-hydrogen) atoms.